The summed E-state index contributed by atoms with van der Waals surface area (Å²) in [5.41, 5.74) is 7.54. The molecule has 0 bridgehead atoms. The molecular weight excluding hydrogens is 1430 g/mol. The molecule has 5 aliphatic heterocycles. The van der Waals surface area contributed by atoms with Gasteiger partial charge in [-0.25, -0.2) is 61.7 Å². The van der Waals surface area contributed by atoms with Crippen LogP contribution in [0.5, 0.6) is 0 Å². The number of aromatic nitrogens is 1. The number of benzene rings is 7. The minimum Gasteiger partial charge on any atom is -0.478 e. The number of anilines is 10. The third kappa shape index (κ3) is 17.4. The van der Waals surface area contributed by atoms with Gasteiger partial charge in [-0.1, -0.05) is 48.5 Å². The van der Waals surface area contributed by atoms with Gasteiger partial charge in [0.1, 0.15) is 17.5 Å². The van der Waals surface area contributed by atoms with Crippen LogP contribution >= 0.6 is 22.7 Å². The summed E-state index contributed by atoms with van der Waals surface area (Å²) in [5.74, 6) is -5.29. The van der Waals surface area contributed by atoms with Crippen molar-refractivity contribution < 1.29 is 82.3 Å². The fourth-order valence-corrected chi connectivity index (χ4v) is 13.5. The van der Waals surface area contributed by atoms with E-state index in [1.54, 1.807) is 146 Å². The molecule has 7 aromatic carbocycles. The lowest BCUT2D eigenvalue weighted by Gasteiger charge is -2.19. The highest BCUT2D eigenvalue weighted by Gasteiger charge is 2.37. The molecule has 10 amide bonds. The maximum atomic E-state index is 14.1. The summed E-state index contributed by atoms with van der Waals surface area (Å²) in [6.07, 6.45) is 1.72. The van der Waals surface area contributed by atoms with Gasteiger partial charge in [0.2, 0.25) is 0 Å². The lowest BCUT2D eigenvalue weighted by atomic mass is 10.2. The van der Waals surface area contributed by atoms with Crippen LogP contribution in [0, 0.1) is 32.4 Å². The molecule has 5 aliphatic rings. The van der Waals surface area contributed by atoms with Gasteiger partial charge in [0.25, 0.3) is 0 Å². The van der Waals surface area contributed by atoms with Crippen molar-refractivity contribution in [3.63, 3.8) is 0 Å². The quantitative estimate of drug-likeness (QED) is 0.0637. The first-order valence-corrected chi connectivity index (χ1v) is 35.3. The highest BCUT2D eigenvalue weighted by molar-refractivity contribution is 7.14. The van der Waals surface area contributed by atoms with Crippen molar-refractivity contribution in [2.75, 3.05) is 114 Å². The number of halogens is 2. The molecule has 5 N–H and O–H groups in total. The van der Waals surface area contributed by atoms with Gasteiger partial charge in [0, 0.05) is 111 Å². The van der Waals surface area contributed by atoms with Gasteiger partial charge < -0.3 is 25.5 Å². The smallest absolute Gasteiger partial charge is 0.335 e. The number of carbonyl (C=O) groups excluding carboxylic acids is 5. The molecule has 30 heteroatoms. The van der Waals surface area contributed by atoms with Crippen LogP contribution in [0.25, 0.3) is 0 Å². The van der Waals surface area contributed by atoms with E-state index >= 15 is 0 Å². The Bertz CT molecular complexity index is 4960. The molecule has 552 valence electrons. The van der Waals surface area contributed by atoms with E-state index in [4.69, 9.17) is 25.5 Å². The van der Waals surface area contributed by atoms with Crippen molar-refractivity contribution in [1.82, 2.24) is 4.98 Å². The number of aryl methyl sites for hydroxylation is 3. The van der Waals surface area contributed by atoms with Crippen LogP contribution in [-0.2, 0) is 0 Å². The largest absolute Gasteiger partial charge is 0.478 e. The fourth-order valence-electron chi connectivity index (χ4n) is 12.1. The number of hydrogen-bond donors (Lipinski definition) is 5. The summed E-state index contributed by atoms with van der Waals surface area (Å²) in [6, 6.07) is 49.4. The Hall–Kier alpha value is -13.4. The van der Waals surface area contributed by atoms with Crippen LogP contribution in [0.3, 0.4) is 0 Å². The lowest BCUT2D eigenvalue weighted by molar-refractivity contribution is 0.0686. The molecule has 108 heavy (non-hydrogen) atoms. The number of carbonyl (C=O) groups is 10. The van der Waals surface area contributed by atoms with E-state index in [1.807, 2.05) is 53.4 Å². The fraction of sp³-hybridized carbons (Fsp3) is 0.167. The summed E-state index contributed by atoms with van der Waals surface area (Å²) in [7, 11) is 0. The van der Waals surface area contributed by atoms with Crippen molar-refractivity contribution in [3.8, 4) is 0 Å². The number of rotatable bonds is 15. The molecule has 0 unspecified atom stereocenters. The number of urea groups is 5. The summed E-state index contributed by atoms with van der Waals surface area (Å²) >= 11 is 3.06. The number of carboxylic acids is 5. The molecular formula is C78H69F2N11O15S2. The number of hydrogen-bond acceptors (Lipinski definition) is 13. The van der Waals surface area contributed by atoms with E-state index in [2.05, 4.69) is 4.98 Å². The third-order valence-electron chi connectivity index (χ3n) is 17.7. The molecule has 0 atom stereocenters. The highest BCUT2D eigenvalue weighted by Crippen LogP contribution is 2.34. The highest BCUT2D eigenvalue weighted by atomic mass is 32.1. The van der Waals surface area contributed by atoms with Gasteiger partial charge in [0.05, 0.1) is 44.2 Å². The van der Waals surface area contributed by atoms with E-state index in [9.17, 15) is 56.7 Å². The first-order chi connectivity index (χ1) is 51.8. The normalized spacial score (nSPS) is 14.6. The molecule has 0 saturated carbocycles. The van der Waals surface area contributed by atoms with Crippen molar-refractivity contribution in [2.45, 2.75) is 20.8 Å². The van der Waals surface area contributed by atoms with Crippen LogP contribution in [-0.4, -0.2) is 156 Å². The van der Waals surface area contributed by atoms with Gasteiger partial charge >= 0.3 is 60.0 Å². The zero-order chi connectivity index (χ0) is 77.0. The number of pyridine rings is 1. The minimum absolute atomic E-state index is 0.107. The Morgan fingerprint density at radius 2 is 0.704 bits per heavy atom. The average molecular weight is 1500 g/mol. The molecule has 5 fully saturated rings. The van der Waals surface area contributed by atoms with Crippen LogP contribution in [0.1, 0.15) is 68.5 Å². The predicted octanol–water partition coefficient (Wildman–Crippen LogP) is 14.9. The number of carboxylic acid groups (broad SMARTS) is 5. The lowest BCUT2D eigenvalue weighted by Crippen LogP contribution is -2.32. The Labute approximate surface area is 624 Å². The van der Waals surface area contributed by atoms with Crippen molar-refractivity contribution >= 4 is 139 Å². The standard InChI is InChI=1S/2C17H15FN2O3.C16H15N3O3.2C14H12N2O3S/c1-11-5-6-14(10-15(11)18)20-8-7-19(17(20)23)13-4-2-3-12(9-13)16(21)22;1-11-5-6-15(14(18)9-11)20-8-7-19(17(20)23)13-4-2-3-12(10-13)16(21)22;1-11-5-6-14(17-10-11)19-8-7-18(16(19)22)13-4-2-3-12(9-13)15(20)21;17-13(18)10-3-1-4-11(9-10)15-6-7-16(14(15)19)12-5-2-8-20-12;17-13(18)10-2-1-3-11(8-10)15-5-6-16(14(15)19)12-4-7-20-9-12/h2*2-6,9-10H,7-8H2,1H3,(H,21,22);2-6,9-10H,7-8H2,1H3,(H,20,21);1-5,8-9H,6-7H2,(H,17,18);1-4,7-9H,5-6H2,(H,17,18). The topological polar surface area (TPSA) is 317 Å². The SMILES string of the molecule is Cc1ccc(N2CCN(c3cccc(C(=O)O)c3)C2=O)c(F)c1.Cc1ccc(N2CCN(c3cccc(C(=O)O)c3)C2=O)cc1F.Cc1ccc(N2CCN(c3cccc(C(=O)O)c3)C2=O)nc1.O=C(O)c1cccc(N2CCN(c3cccs3)C2=O)c1.O=C(O)c1cccc(N2CCN(c3ccsc3)C2=O)c1. The van der Waals surface area contributed by atoms with E-state index in [-0.39, 0.29) is 69.5 Å². The number of amides is 10. The van der Waals surface area contributed by atoms with Gasteiger partial charge in [-0.3, -0.25) is 49.0 Å². The molecule has 5 saturated heterocycles. The maximum Gasteiger partial charge on any atom is 0.335 e. The van der Waals surface area contributed by atoms with E-state index in [0.29, 0.717) is 111 Å². The summed E-state index contributed by atoms with van der Waals surface area (Å²) in [5, 5.41) is 51.9. The van der Waals surface area contributed by atoms with Gasteiger partial charge in [-0.05, 0) is 188 Å². The Morgan fingerprint density at radius 1 is 0.343 bits per heavy atom. The van der Waals surface area contributed by atoms with Gasteiger partial charge in [0.15, 0.2) is 0 Å². The molecule has 0 aliphatic carbocycles. The zero-order valence-corrected chi connectivity index (χ0v) is 59.7. The molecule has 8 heterocycles. The first-order valence-electron chi connectivity index (χ1n) is 33.5. The van der Waals surface area contributed by atoms with E-state index < -0.39 is 35.7 Å². The van der Waals surface area contributed by atoms with Crippen LogP contribution < -0.4 is 49.0 Å². The molecule has 10 aromatic rings. The third-order valence-corrected chi connectivity index (χ3v) is 19.3. The van der Waals surface area contributed by atoms with Crippen LogP contribution in [0.2, 0.25) is 0 Å². The second-order valence-corrected chi connectivity index (χ2v) is 26.4. The minimum atomic E-state index is -1.06. The molecule has 0 spiro atoms. The summed E-state index contributed by atoms with van der Waals surface area (Å²) in [4.78, 5) is 137. The summed E-state index contributed by atoms with van der Waals surface area (Å²) in [6.45, 7) is 10.3. The number of aromatic carboxylic acids is 5. The van der Waals surface area contributed by atoms with Crippen molar-refractivity contribution in [2.24, 2.45) is 0 Å². The zero-order valence-electron chi connectivity index (χ0n) is 58.1. The molecule has 15 rings (SSSR count). The predicted molar refractivity (Wildman–Crippen MR) is 407 cm³/mol. The van der Waals surface area contributed by atoms with Gasteiger partial charge in [-0.2, -0.15) is 11.3 Å². The molecule has 26 nitrogen and oxygen atoms in total. The first kappa shape index (κ1) is 75.8. The van der Waals surface area contributed by atoms with Gasteiger partial charge in [-0.15, -0.1) is 11.3 Å². The van der Waals surface area contributed by atoms with E-state index in [0.717, 1.165) is 21.8 Å². The monoisotopic (exact) mass is 1500 g/mol. The number of nitrogens with zero attached hydrogens (tertiary/aromatic N) is 11. The van der Waals surface area contributed by atoms with Crippen molar-refractivity contribution in [1.29, 1.82) is 0 Å². The second kappa shape index (κ2) is 33.6. The number of thiophene rings is 2. The molecule has 0 radical (unpaired) electrons. The van der Waals surface area contributed by atoms with Crippen LogP contribution in [0.15, 0.2) is 210 Å². The molecule has 3 aromatic heterocycles. The average Bonchev–Trinajstić information content (AvgIpc) is 1.67. The maximum absolute atomic E-state index is 14.1. The Balaban J connectivity index is 0.000000134. The Kier molecular flexibility index (Phi) is 23.6. The van der Waals surface area contributed by atoms with Crippen molar-refractivity contribution in [3.05, 3.63) is 267 Å². The van der Waals surface area contributed by atoms with E-state index in [1.165, 1.54) is 104 Å². The second-order valence-electron chi connectivity index (χ2n) is 24.7. The summed E-state index contributed by atoms with van der Waals surface area (Å²) < 4.78 is 27.8. The van der Waals surface area contributed by atoms with Crippen LogP contribution in [0.4, 0.5) is 89.1 Å². The Morgan fingerprint density at radius 3 is 1.06 bits per heavy atom.